The van der Waals surface area contributed by atoms with Crippen LogP contribution in [0.25, 0.3) is 0 Å². The first-order chi connectivity index (χ1) is 13.5. The molecular weight excluding hydrogens is 372 g/mol. The molecule has 0 aromatic heterocycles. The van der Waals surface area contributed by atoms with Gasteiger partial charge >= 0.3 is 0 Å². The molecule has 158 valence electrons. The summed E-state index contributed by atoms with van der Waals surface area (Å²) < 4.78 is 25.8. The maximum atomic E-state index is 14.0. The van der Waals surface area contributed by atoms with Crippen molar-refractivity contribution in [1.29, 1.82) is 0 Å². The maximum Gasteiger partial charge on any atom is 0.213 e. The average molecular weight is 402 g/mol. The summed E-state index contributed by atoms with van der Waals surface area (Å²) in [7, 11) is 0. The van der Waals surface area contributed by atoms with Crippen LogP contribution in [-0.2, 0) is 23.7 Å². The number of carbonyl (C=O) groups excluding carboxylic acids is 1. The normalized spacial score (nSPS) is 62.3. The Bertz CT molecular complexity index is 879. The summed E-state index contributed by atoms with van der Waals surface area (Å²) in [4.78, 5) is 14.0. The second-order valence-corrected chi connectivity index (χ2v) is 11.8. The van der Waals surface area contributed by atoms with E-state index < -0.39 is 23.1 Å². The van der Waals surface area contributed by atoms with Gasteiger partial charge in [0.05, 0.1) is 24.9 Å². The lowest BCUT2D eigenvalue weighted by molar-refractivity contribution is -0.529. The molecule has 8 rings (SSSR count). The van der Waals surface area contributed by atoms with Crippen molar-refractivity contribution in [2.24, 2.45) is 34.0 Å². The van der Waals surface area contributed by atoms with Crippen LogP contribution in [0.4, 0.5) is 0 Å². The highest BCUT2D eigenvalue weighted by Crippen LogP contribution is 2.81. The molecule has 6 nitrogen and oxygen atoms in total. The van der Waals surface area contributed by atoms with Crippen molar-refractivity contribution in [3.63, 3.8) is 0 Å². The molecule has 29 heavy (non-hydrogen) atoms. The minimum Gasteiger partial charge on any atom is -0.387 e. The van der Waals surface area contributed by atoms with Crippen molar-refractivity contribution in [1.82, 2.24) is 0 Å². The van der Waals surface area contributed by atoms with Gasteiger partial charge in [0, 0.05) is 17.3 Å². The van der Waals surface area contributed by atoms with Crippen LogP contribution in [0.2, 0.25) is 0 Å². The van der Waals surface area contributed by atoms with E-state index in [1.165, 1.54) is 0 Å². The number of rotatable bonds is 0. The molecule has 4 bridgehead atoms. The zero-order valence-corrected chi connectivity index (χ0v) is 17.6. The van der Waals surface area contributed by atoms with E-state index in [1.54, 1.807) is 0 Å². The molecule has 0 radical (unpaired) electrons. The van der Waals surface area contributed by atoms with Crippen LogP contribution in [0, 0.1) is 34.0 Å². The summed E-state index contributed by atoms with van der Waals surface area (Å²) in [5, 5.41) is 12.0. The third-order valence-electron chi connectivity index (χ3n) is 9.78. The molecule has 0 amide bonds. The third kappa shape index (κ3) is 1.53. The molecule has 8 aliphatic rings. The number of Topliss-reactive ketones (excluding diaryl/α,β-unsaturated/α-hetero) is 1. The van der Waals surface area contributed by atoms with Gasteiger partial charge in [-0.05, 0) is 50.0 Å². The smallest absolute Gasteiger partial charge is 0.213 e. The fourth-order valence-corrected chi connectivity index (χ4v) is 9.29. The summed E-state index contributed by atoms with van der Waals surface area (Å²) in [5.41, 5.74) is -0.921. The van der Waals surface area contributed by atoms with Gasteiger partial charge in [0.1, 0.15) is 11.5 Å². The Hall–Kier alpha value is -0.790. The van der Waals surface area contributed by atoms with E-state index in [4.69, 9.17) is 18.9 Å². The first kappa shape index (κ1) is 17.8. The van der Waals surface area contributed by atoms with Gasteiger partial charge in [-0.3, -0.25) is 4.79 Å². The Kier molecular flexibility index (Phi) is 2.79. The Labute approximate surface area is 170 Å². The molecule has 4 aliphatic heterocycles. The molecule has 3 spiro atoms. The first-order valence-corrected chi connectivity index (χ1v) is 11.1. The highest BCUT2D eigenvalue weighted by Gasteiger charge is 2.91. The Morgan fingerprint density at radius 3 is 2.66 bits per heavy atom. The summed E-state index contributed by atoms with van der Waals surface area (Å²) >= 11 is 0. The molecule has 0 aromatic rings. The van der Waals surface area contributed by atoms with Gasteiger partial charge in [-0.15, -0.1) is 0 Å². The number of epoxide rings is 1. The van der Waals surface area contributed by atoms with Gasteiger partial charge in [0.15, 0.2) is 11.6 Å². The average Bonchev–Trinajstić information content (AvgIpc) is 3.37. The van der Waals surface area contributed by atoms with Crippen LogP contribution in [0.5, 0.6) is 0 Å². The SMILES string of the molecule is C=C1C(=O)[C@@]23[C@@H]4OC(C)(C)O[C@]25OC[C@]2([C@@H]6O[C@@H]6CC(C)(C)[C@H]2[C@@H]5O)[C@@H]3CC[C@@H]14. The van der Waals surface area contributed by atoms with Gasteiger partial charge < -0.3 is 24.1 Å². The molecule has 1 N–H and O–H groups in total. The van der Waals surface area contributed by atoms with Crippen LogP contribution in [0.15, 0.2) is 12.2 Å². The van der Waals surface area contributed by atoms with Crippen molar-refractivity contribution in [3.8, 4) is 0 Å². The van der Waals surface area contributed by atoms with Crippen molar-refractivity contribution in [3.05, 3.63) is 12.2 Å². The van der Waals surface area contributed by atoms with Crippen molar-refractivity contribution in [2.45, 2.75) is 82.9 Å². The van der Waals surface area contributed by atoms with Crippen molar-refractivity contribution < 1.29 is 28.8 Å². The van der Waals surface area contributed by atoms with Crippen LogP contribution in [-0.4, -0.2) is 53.5 Å². The summed E-state index contributed by atoms with van der Waals surface area (Å²) in [5.74, 6) is -2.41. The van der Waals surface area contributed by atoms with E-state index >= 15 is 0 Å². The summed E-state index contributed by atoms with van der Waals surface area (Å²) in [6, 6.07) is 0. The maximum absolute atomic E-state index is 14.0. The molecule has 6 heteroatoms. The first-order valence-electron chi connectivity index (χ1n) is 11.1. The van der Waals surface area contributed by atoms with Gasteiger partial charge in [0.25, 0.3) is 0 Å². The lowest BCUT2D eigenvalue weighted by Crippen LogP contribution is -2.88. The molecule has 4 heterocycles. The van der Waals surface area contributed by atoms with Crippen molar-refractivity contribution >= 4 is 5.78 Å². The highest BCUT2D eigenvalue weighted by atomic mass is 16.8. The van der Waals surface area contributed by atoms with E-state index in [2.05, 4.69) is 20.4 Å². The summed E-state index contributed by atoms with van der Waals surface area (Å²) in [6.07, 6.45) is 1.67. The molecule has 0 unspecified atom stereocenters. The number of ketones is 1. The second-order valence-electron chi connectivity index (χ2n) is 11.8. The fourth-order valence-electron chi connectivity index (χ4n) is 9.29. The highest BCUT2D eigenvalue weighted by molar-refractivity contribution is 6.05. The topological polar surface area (TPSA) is 77.5 Å². The predicted octanol–water partition coefficient (Wildman–Crippen LogP) is 2.19. The molecule has 4 saturated carbocycles. The molecule has 4 saturated heterocycles. The van der Waals surface area contributed by atoms with Crippen LogP contribution in [0.1, 0.15) is 47.0 Å². The molecular formula is C23H30O6. The van der Waals surface area contributed by atoms with Gasteiger partial charge in [-0.2, -0.15) is 0 Å². The number of fused-ring (bicyclic) bond motifs is 2. The monoisotopic (exact) mass is 402 g/mol. The van der Waals surface area contributed by atoms with E-state index in [-0.39, 0.29) is 52.7 Å². The minimum absolute atomic E-state index is 0.0100. The Balaban J connectivity index is 1.55. The lowest BCUT2D eigenvalue weighted by Gasteiger charge is -2.76. The van der Waals surface area contributed by atoms with Gasteiger partial charge in [-0.25, -0.2) is 0 Å². The Morgan fingerprint density at radius 1 is 1.14 bits per heavy atom. The van der Waals surface area contributed by atoms with E-state index in [1.807, 2.05) is 13.8 Å². The van der Waals surface area contributed by atoms with E-state index in [9.17, 15) is 9.90 Å². The van der Waals surface area contributed by atoms with E-state index in [0.29, 0.717) is 12.2 Å². The zero-order chi connectivity index (χ0) is 20.4. The predicted molar refractivity (Wildman–Crippen MR) is 101 cm³/mol. The largest absolute Gasteiger partial charge is 0.387 e. The number of aliphatic hydroxyl groups is 1. The second kappa shape index (κ2) is 4.53. The standard InChI is InChI=1S/C23H30O6/c1-10-11-6-7-13-21-9-26-23(16(25)14(21)19(2,3)8-12-18(21)27-12)22(13,15(10)24)17(11)28-20(4,5)29-23/h11-14,16-18,25H,1,6-9H2,2-5H3/t11-,12+,13-,14+,16-,17+,18+,21-,22-,23-/m0/s1. The number of hydrogen-bond acceptors (Lipinski definition) is 6. The quantitative estimate of drug-likeness (QED) is 0.494. The molecule has 10 atom stereocenters. The van der Waals surface area contributed by atoms with Crippen molar-refractivity contribution in [2.75, 3.05) is 6.61 Å². The number of aliphatic hydroxyl groups excluding tert-OH is 1. The number of ether oxygens (including phenoxy) is 4. The van der Waals surface area contributed by atoms with Crippen LogP contribution in [0.3, 0.4) is 0 Å². The van der Waals surface area contributed by atoms with E-state index in [0.717, 1.165) is 19.3 Å². The fraction of sp³-hybridized carbons (Fsp3) is 0.870. The van der Waals surface area contributed by atoms with Gasteiger partial charge in [0.2, 0.25) is 5.79 Å². The number of carbonyl (C=O) groups is 1. The Morgan fingerprint density at radius 2 is 1.90 bits per heavy atom. The molecule has 4 aliphatic carbocycles. The zero-order valence-electron chi connectivity index (χ0n) is 17.6. The third-order valence-corrected chi connectivity index (χ3v) is 9.78. The van der Waals surface area contributed by atoms with Crippen LogP contribution < -0.4 is 0 Å². The molecule has 8 fully saturated rings. The minimum atomic E-state index is -1.38. The summed E-state index contributed by atoms with van der Waals surface area (Å²) in [6.45, 7) is 12.8. The lowest BCUT2D eigenvalue weighted by atomic mass is 9.36. The number of hydrogen-bond donors (Lipinski definition) is 1. The van der Waals surface area contributed by atoms with Gasteiger partial charge in [-0.1, -0.05) is 20.4 Å². The molecule has 0 aromatic carbocycles. The van der Waals surface area contributed by atoms with Crippen LogP contribution >= 0.6 is 0 Å².